The minimum Gasteiger partial charge on any atom is -0.368 e. The molecule has 1 aliphatic rings. The van der Waals surface area contributed by atoms with Crippen LogP contribution >= 0.6 is 11.6 Å². The van der Waals surface area contributed by atoms with Crippen LogP contribution in [0.2, 0.25) is 5.02 Å². The average molecular weight is 489 g/mol. The maximum absolute atomic E-state index is 13.2. The van der Waals surface area contributed by atoms with Gasteiger partial charge in [0.25, 0.3) is 5.91 Å². The summed E-state index contributed by atoms with van der Waals surface area (Å²) < 4.78 is 0. The van der Waals surface area contributed by atoms with Gasteiger partial charge in [-0.3, -0.25) is 19.2 Å². The molecule has 0 unspecified atom stereocenters. The van der Waals surface area contributed by atoms with Gasteiger partial charge in [0, 0.05) is 28.3 Å². The molecule has 0 spiro atoms. The predicted octanol–water partition coefficient (Wildman–Crippen LogP) is 3.48. The number of hydrogen-bond acceptors (Lipinski definition) is 4. The number of hydrogen-bond donors (Lipinski definition) is 4. The van der Waals surface area contributed by atoms with E-state index < -0.39 is 29.8 Å². The van der Waals surface area contributed by atoms with Gasteiger partial charge in [-0.05, 0) is 49.3 Å². The number of rotatable bonds is 8. The molecule has 34 heavy (non-hydrogen) atoms. The highest BCUT2D eigenvalue weighted by molar-refractivity contribution is 6.31. The smallest absolute Gasteiger partial charge is 0.268 e. The number of amides is 3. The third-order valence-corrected chi connectivity index (χ3v) is 6.36. The van der Waals surface area contributed by atoms with Crippen LogP contribution in [0, 0.1) is 11.3 Å². The molecule has 9 heteroatoms. The molecule has 0 radical (unpaired) electrons. The van der Waals surface area contributed by atoms with Crippen molar-refractivity contribution < 1.29 is 19.2 Å². The largest absolute Gasteiger partial charge is 0.368 e. The van der Waals surface area contributed by atoms with Crippen LogP contribution in [0.25, 0.3) is 10.9 Å². The number of Topliss-reactive ketones (excluding diaryl/α,β-unsaturated/α-hetero) is 1. The van der Waals surface area contributed by atoms with Gasteiger partial charge in [0.05, 0.1) is 0 Å². The Bertz CT molecular complexity index is 1090. The van der Waals surface area contributed by atoms with Crippen molar-refractivity contribution in [3.8, 4) is 0 Å². The molecular weight excluding hydrogens is 456 g/mol. The zero-order valence-corrected chi connectivity index (χ0v) is 20.6. The Morgan fingerprint density at radius 1 is 1.15 bits per heavy atom. The van der Waals surface area contributed by atoms with Crippen LogP contribution in [0.4, 0.5) is 0 Å². The Hall–Kier alpha value is -2.87. The number of ketones is 1. The standard InChI is InChI=1S/C25H33ClN4O4/c1-25(2,3)13-20(30-23(33)19-10-14-8-9-16(26)12-17(14)28-19)24(34)29-18(22(27)32)11-15-6-4-5-7-21(15)31/h8-10,12,15,18,20,28H,4-7,11,13H2,1-3H3,(H2,27,32)(H,29,34)(H,30,33)/t15-,18-,20-/m0/s1. The molecule has 3 amide bonds. The van der Waals surface area contributed by atoms with E-state index >= 15 is 0 Å². The molecule has 5 N–H and O–H groups in total. The maximum atomic E-state index is 13.2. The van der Waals surface area contributed by atoms with Gasteiger partial charge >= 0.3 is 0 Å². The van der Waals surface area contributed by atoms with E-state index in [4.69, 9.17) is 17.3 Å². The normalized spacial score (nSPS) is 18.4. The van der Waals surface area contributed by atoms with Crippen molar-refractivity contribution >= 4 is 46.0 Å². The van der Waals surface area contributed by atoms with E-state index in [9.17, 15) is 19.2 Å². The molecular formula is C25H33ClN4O4. The highest BCUT2D eigenvalue weighted by Crippen LogP contribution is 2.26. The van der Waals surface area contributed by atoms with Crippen molar-refractivity contribution in [1.29, 1.82) is 0 Å². The van der Waals surface area contributed by atoms with Crippen LogP contribution in [0.15, 0.2) is 24.3 Å². The van der Waals surface area contributed by atoms with Gasteiger partial charge < -0.3 is 21.4 Å². The second kappa shape index (κ2) is 10.6. The molecule has 3 atom stereocenters. The van der Waals surface area contributed by atoms with Gasteiger partial charge in [-0.2, -0.15) is 0 Å². The van der Waals surface area contributed by atoms with Crippen LogP contribution in [0.1, 0.15) is 69.8 Å². The molecule has 2 aromatic rings. The zero-order chi connectivity index (χ0) is 25.0. The van der Waals surface area contributed by atoms with Gasteiger partial charge in [-0.1, -0.05) is 44.9 Å². The summed E-state index contributed by atoms with van der Waals surface area (Å²) in [5.41, 5.74) is 6.27. The summed E-state index contributed by atoms with van der Waals surface area (Å²) in [4.78, 5) is 53.5. The quantitative estimate of drug-likeness (QED) is 0.452. The molecule has 1 aromatic heterocycles. The van der Waals surface area contributed by atoms with Crippen molar-refractivity contribution in [1.82, 2.24) is 15.6 Å². The summed E-state index contributed by atoms with van der Waals surface area (Å²) in [5.74, 6) is -1.84. The van der Waals surface area contributed by atoms with Crippen LogP contribution in [0.3, 0.4) is 0 Å². The first-order valence-electron chi connectivity index (χ1n) is 11.6. The molecule has 0 aliphatic heterocycles. The Labute approximate surface area is 204 Å². The van der Waals surface area contributed by atoms with E-state index in [1.54, 1.807) is 24.3 Å². The molecule has 1 aromatic carbocycles. The van der Waals surface area contributed by atoms with Gasteiger partial charge in [-0.15, -0.1) is 0 Å². The minimum atomic E-state index is -0.978. The fourth-order valence-corrected chi connectivity index (χ4v) is 4.56. The lowest BCUT2D eigenvalue weighted by Gasteiger charge is -2.29. The number of aromatic nitrogens is 1. The zero-order valence-electron chi connectivity index (χ0n) is 19.9. The summed E-state index contributed by atoms with van der Waals surface area (Å²) in [7, 11) is 0. The number of aromatic amines is 1. The topological polar surface area (TPSA) is 134 Å². The lowest BCUT2D eigenvalue weighted by molar-refractivity contribution is -0.131. The van der Waals surface area contributed by atoms with Crippen molar-refractivity contribution in [3.05, 3.63) is 35.0 Å². The van der Waals surface area contributed by atoms with Crippen molar-refractivity contribution in [2.24, 2.45) is 17.1 Å². The fourth-order valence-electron chi connectivity index (χ4n) is 4.39. The molecule has 184 valence electrons. The van der Waals surface area contributed by atoms with E-state index in [0.29, 0.717) is 35.5 Å². The van der Waals surface area contributed by atoms with Gasteiger partial charge in [0.15, 0.2) is 0 Å². The summed E-state index contributed by atoms with van der Waals surface area (Å²) in [5, 5.41) is 6.84. The molecule has 0 saturated heterocycles. The summed E-state index contributed by atoms with van der Waals surface area (Å²) in [6, 6.07) is 5.07. The first-order chi connectivity index (χ1) is 15.9. The number of nitrogens with two attached hydrogens (primary N) is 1. The SMILES string of the molecule is CC(C)(C)C[C@H](NC(=O)c1cc2ccc(Cl)cc2[nH]1)C(=O)N[C@@H](C[C@@H]1CCCCC1=O)C(N)=O. The Kier molecular flexibility index (Phi) is 8.02. The number of halogens is 1. The van der Waals surface area contributed by atoms with Crippen LogP contribution < -0.4 is 16.4 Å². The van der Waals surface area contributed by atoms with Crippen LogP contribution in [0.5, 0.6) is 0 Å². The molecule has 0 bridgehead atoms. The van der Waals surface area contributed by atoms with E-state index in [2.05, 4.69) is 15.6 Å². The third-order valence-electron chi connectivity index (χ3n) is 6.13. The number of carbonyl (C=O) groups is 4. The molecule has 1 saturated carbocycles. The third kappa shape index (κ3) is 6.82. The Balaban J connectivity index is 1.75. The Morgan fingerprint density at radius 3 is 2.53 bits per heavy atom. The first-order valence-corrected chi connectivity index (χ1v) is 12.0. The maximum Gasteiger partial charge on any atom is 0.268 e. The number of carbonyl (C=O) groups excluding carboxylic acids is 4. The fraction of sp³-hybridized carbons (Fsp3) is 0.520. The second-order valence-corrected chi connectivity index (χ2v) is 10.8. The van der Waals surface area contributed by atoms with Crippen molar-refractivity contribution in [3.63, 3.8) is 0 Å². The number of benzene rings is 1. The predicted molar refractivity (Wildman–Crippen MR) is 131 cm³/mol. The molecule has 3 rings (SSSR count). The molecule has 8 nitrogen and oxygen atoms in total. The lowest BCUT2D eigenvalue weighted by atomic mass is 9.83. The van der Waals surface area contributed by atoms with E-state index in [-0.39, 0.29) is 23.5 Å². The van der Waals surface area contributed by atoms with Crippen LogP contribution in [-0.2, 0) is 14.4 Å². The number of H-pyrrole nitrogens is 1. The minimum absolute atomic E-state index is 0.102. The number of primary amides is 1. The van der Waals surface area contributed by atoms with Gasteiger partial charge in [0.2, 0.25) is 11.8 Å². The monoisotopic (exact) mass is 488 g/mol. The molecule has 1 aliphatic carbocycles. The Morgan fingerprint density at radius 2 is 1.88 bits per heavy atom. The van der Waals surface area contributed by atoms with E-state index in [0.717, 1.165) is 18.2 Å². The van der Waals surface area contributed by atoms with Crippen LogP contribution in [-0.4, -0.2) is 40.6 Å². The molecule has 1 heterocycles. The summed E-state index contributed by atoms with van der Waals surface area (Å²) in [6.07, 6.45) is 3.45. The first kappa shape index (κ1) is 25.7. The second-order valence-electron chi connectivity index (χ2n) is 10.3. The number of fused-ring (bicyclic) bond motifs is 1. The summed E-state index contributed by atoms with van der Waals surface area (Å²) in [6.45, 7) is 5.86. The molecule has 1 fully saturated rings. The highest BCUT2D eigenvalue weighted by Gasteiger charge is 2.33. The van der Waals surface area contributed by atoms with Gasteiger partial charge in [-0.25, -0.2) is 0 Å². The van der Waals surface area contributed by atoms with Crippen molar-refractivity contribution in [2.45, 2.75) is 71.4 Å². The van der Waals surface area contributed by atoms with E-state index in [1.165, 1.54) is 0 Å². The lowest BCUT2D eigenvalue weighted by Crippen LogP contribution is -2.54. The summed E-state index contributed by atoms with van der Waals surface area (Å²) >= 11 is 6.03. The highest BCUT2D eigenvalue weighted by atomic mass is 35.5. The number of nitrogens with one attached hydrogen (secondary N) is 3. The van der Waals surface area contributed by atoms with E-state index in [1.807, 2.05) is 20.8 Å². The van der Waals surface area contributed by atoms with Crippen molar-refractivity contribution in [2.75, 3.05) is 0 Å². The average Bonchev–Trinajstić information content (AvgIpc) is 3.16. The van der Waals surface area contributed by atoms with Gasteiger partial charge in [0.1, 0.15) is 23.6 Å².